The number of aliphatic hydroxyl groups is 1. The minimum atomic E-state index is -4.00. The predicted molar refractivity (Wildman–Crippen MR) is 66.5 cm³/mol. The third-order valence-electron chi connectivity index (χ3n) is 2.33. The highest BCUT2D eigenvalue weighted by Gasteiger charge is 2.19. The molecule has 3 N–H and O–H groups in total. The fourth-order valence-electron chi connectivity index (χ4n) is 1.30. The first kappa shape index (κ1) is 16.0. The Morgan fingerprint density at radius 3 is 2.65 bits per heavy atom. The first-order chi connectivity index (χ1) is 9.24. The van der Waals surface area contributed by atoms with Gasteiger partial charge in [-0.15, -0.1) is 0 Å². The molecule has 20 heavy (non-hydrogen) atoms. The van der Waals surface area contributed by atoms with E-state index in [1.807, 2.05) is 0 Å². The molecule has 0 aromatic heterocycles. The highest BCUT2D eigenvalue weighted by Crippen LogP contribution is 2.17. The molecule has 0 amide bonds. The van der Waals surface area contributed by atoms with E-state index in [1.165, 1.54) is 12.1 Å². The molecule has 0 spiro atoms. The summed E-state index contributed by atoms with van der Waals surface area (Å²) in [6.07, 6.45) is -1.99. The van der Waals surface area contributed by atoms with Gasteiger partial charge in [0, 0.05) is 18.7 Å². The number of non-ortho nitro benzene ring substituents is 1. The number of benzene rings is 1. The normalized spacial score (nSPS) is 12.8. The van der Waals surface area contributed by atoms with Crippen molar-refractivity contribution < 1.29 is 28.3 Å². The van der Waals surface area contributed by atoms with Crippen LogP contribution in [0.1, 0.15) is 6.42 Å². The third kappa shape index (κ3) is 4.26. The SMILES string of the molecule is O=C(O)C(O)CCNS(=O)(=O)c1cccc([N+](=O)[O-])c1. The maximum atomic E-state index is 11.8. The van der Waals surface area contributed by atoms with Gasteiger partial charge >= 0.3 is 5.97 Å². The fraction of sp³-hybridized carbons (Fsp3) is 0.300. The summed E-state index contributed by atoms with van der Waals surface area (Å²) in [5, 5.41) is 28.0. The Kier molecular flexibility index (Phi) is 5.13. The molecule has 0 aliphatic carbocycles. The molecular weight excluding hydrogens is 292 g/mol. The summed E-state index contributed by atoms with van der Waals surface area (Å²) in [4.78, 5) is 19.9. The van der Waals surface area contributed by atoms with Crippen molar-refractivity contribution in [2.24, 2.45) is 0 Å². The molecule has 0 radical (unpaired) electrons. The van der Waals surface area contributed by atoms with Crippen LogP contribution in [-0.4, -0.2) is 42.2 Å². The van der Waals surface area contributed by atoms with Crippen molar-refractivity contribution in [3.8, 4) is 0 Å². The standard InChI is InChI=1S/C10H12N2O7S/c13-9(10(14)15)4-5-11-20(18,19)8-3-1-2-7(6-8)12(16)17/h1-3,6,9,11,13H,4-5H2,(H,14,15). The van der Waals surface area contributed by atoms with E-state index in [1.54, 1.807) is 0 Å². The Balaban J connectivity index is 2.76. The zero-order valence-corrected chi connectivity index (χ0v) is 10.9. The van der Waals surface area contributed by atoms with Crippen LogP contribution in [0.5, 0.6) is 0 Å². The van der Waals surface area contributed by atoms with Crippen molar-refractivity contribution in [1.82, 2.24) is 4.72 Å². The van der Waals surface area contributed by atoms with Crippen LogP contribution in [0.3, 0.4) is 0 Å². The number of rotatable bonds is 7. The van der Waals surface area contributed by atoms with Crippen molar-refractivity contribution in [3.63, 3.8) is 0 Å². The molecular formula is C10H12N2O7S. The van der Waals surface area contributed by atoms with Gasteiger partial charge in [0.25, 0.3) is 5.69 Å². The fourth-order valence-corrected chi connectivity index (χ4v) is 2.39. The molecule has 0 saturated carbocycles. The number of nitro benzene ring substituents is 1. The van der Waals surface area contributed by atoms with Crippen LogP contribution >= 0.6 is 0 Å². The molecule has 0 bridgehead atoms. The molecule has 0 aliphatic rings. The van der Waals surface area contributed by atoms with Crippen molar-refractivity contribution >= 4 is 21.7 Å². The quantitative estimate of drug-likeness (QED) is 0.463. The molecule has 1 unspecified atom stereocenters. The van der Waals surface area contributed by atoms with Gasteiger partial charge in [-0.25, -0.2) is 17.9 Å². The van der Waals surface area contributed by atoms with Gasteiger partial charge < -0.3 is 10.2 Å². The first-order valence-electron chi connectivity index (χ1n) is 5.39. The van der Waals surface area contributed by atoms with E-state index in [4.69, 9.17) is 10.2 Å². The van der Waals surface area contributed by atoms with Crippen LogP contribution in [0.25, 0.3) is 0 Å². The zero-order valence-electron chi connectivity index (χ0n) is 10.1. The highest BCUT2D eigenvalue weighted by molar-refractivity contribution is 7.89. The van der Waals surface area contributed by atoms with Crippen LogP contribution in [0, 0.1) is 10.1 Å². The van der Waals surface area contributed by atoms with Gasteiger partial charge in [0.15, 0.2) is 6.10 Å². The van der Waals surface area contributed by atoms with E-state index in [-0.39, 0.29) is 23.5 Å². The lowest BCUT2D eigenvalue weighted by molar-refractivity contribution is -0.385. The lowest BCUT2D eigenvalue weighted by atomic mass is 10.3. The Morgan fingerprint density at radius 2 is 2.10 bits per heavy atom. The number of hydrogen-bond donors (Lipinski definition) is 3. The molecule has 1 rings (SSSR count). The van der Waals surface area contributed by atoms with E-state index < -0.39 is 27.0 Å². The second-order valence-electron chi connectivity index (χ2n) is 3.79. The van der Waals surface area contributed by atoms with Crippen molar-refractivity contribution in [3.05, 3.63) is 34.4 Å². The van der Waals surface area contributed by atoms with E-state index in [9.17, 15) is 23.3 Å². The predicted octanol–water partition coefficient (Wildman–Crippen LogP) is -0.291. The van der Waals surface area contributed by atoms with E-state index >= 15 is 0 Å². The summed E-state index contributed by atoms with van der Waals surface area (Å²) in [5.74, 6) is -1.46. The second-order valence-corrected chi connectivity index (χ2v) is 5.56. The number of carboxylic acid groups (broad SMARTS) is 1. The first-order valence-corrected chi connectivity index (χ1v) is 6.87. The summed E-state index contributed by atoms with van der Waals surface area (Å²) in [7, 11) is -4.00. The van der Waals surface area contributed by atoms with Crippen LogP contribution in [0.4, 0.5) is 5.69 Å². The van der Waals surface area contributed by atoms with Crippen LogP contribution in [0.15, 0.2) is 29.2 Å². The number of nitrogens with zero attached hydrogens (tertiary/aromatic N) is 1. The molecule has 9 nitrogen and oxygen atoms in total. The third-order valence-corrected chi connectivity index (χ3v) is 3.79. The maximum Gasteiger partial charge on any atom is 0.332 e. The number of hydrogen-bond acceptors (Lipinski definition) is 6. The molecule has 0 heterocycles. The number of aliphatic carboxylic acids is 1. The minimum absolute atomic E-state index is 0.307. The van der Waals surface area contributed by atoms with E-state index in [2.05, 4.69) is 4.72 Å². The van der Waals surface area contributed by atoms with Crippen LogP contribution < -0.4 is 4.72 Å². The summed E-state index contributed by atoms with van der Waals surface area (Å²) in [5.41, 5.74) is -0.376. The lowest BCUT2D eigenvalue weighted by Gasteiger charge is -2.08. The second kappa shape index (κ2) is 6.41. The largest absolute Gasteiger partial charge is 0.479 e. The lowest BCUT2D eigenvalue weighted by Crippen LogP contribution is -2.30. The summed E-state index contributed by atoms with van der Waals surface area (Å²) in [6, 6.07) is 4.42. The molecule has 0 aliphatic heterocycles. The number of aliphatic hydroxyl groups excluding tert-OH is 1. The van der Waals surface area contributed by atoms with Gasteiger partial charge in [-0.05, 0) is 12.5 Å². The van der Waals surface area contributed by atoms with Gasteiger partial charge in [-0.1, -0.05) is 6.07 Å². The summed E-state index contributed by atoms with van der Waals surface area (Å²) in [6.45, 7) is -0.307. The number of nitrogens with one attached hydrogen (secondary N) is 1. The van der Waals surface area contributed by atoms with E-state index in [0.717, 1.165) is 12.1 Å². The molecule has 10 heteroatoms. The van der Waals surface area contributed by atoms with Gasteiger partial charge in [-0.2, -0.15) is 0 Å². The number of carboxylic acids is 1. The molecule has 110 valence electrons. The topological polar surface area (TPSA) is 147 Å². The smallest absolute Gasteiger partial charge is 0.332 e. The van der Waals surface area contributed by atoms with Gasteiger partial charge in [-0.3, -0.25) is 10.1 Å². The number of sulfonamides is 1. The molecule has 1 aromatic carbocycles. The summed E-state index contributed by atoms with van der Waals surface area (Å²) < 4.78 is 25.6. The Bertz CT molecular complexity index is 614. The van der Waals surface area contributed by atoms with Gasteiger partial charge in [0.1, 0.15) is 0 Å². The minimum Gasteiger partial charge on any atom is -0.479 e. The highest BCUT2D eigenvalue weighted by atomic mass is 32.2. The molecule has 1 atom stereocenters. The van der Waals surface area contributed by atoms with Crippen molar-refractivity contribution in [2.75, 3.05) is 6.54 Å². The maximum absolute atomic E-state index is 11.8. The Hall–Kier alpha value is -2.04. The molecule has 0 saturated heterocycles. The van der Waals surface area contributed by atoms with Gasteiger partial charge in [0.2, 0.25) is 10.0 Å². The van der Waals surface area contributed by atoms with Crippen LogP contribution in [-0.2, 0) is 14.8 Å². The number of carbonyl (C=O) groups is 1. The average molecular weight is 304 g/mol. The van der Waals surface area contributed by atoms with Crippen molar-refractivity contribution in [2.45, 2.75) is 17.4 Å². The average Bonchev–Trinajstić information content (AvgIpc) is 2.38. The van der Waals surface area contributed by atoms with Gasteiger partial charge in [0.05, 0.1) is 9.82 Å². The van der Waals surface area contributed by atoms with Crippen molar-refractivity contribution in [1.29, 1.82) is 0 Å². The Morgan fingerprint density at radius 1 is 1.45 bits per heavy atom. The van der Waals surface area contributed by atoms with E-state index in [0.29, 0.717) is 0 Å². The molecule has 0 fully saturated rings. The number of nitro groups is 1. The monoisotopic (exact) mass is 304 g/mol. The zero-order chi connectivity index (χ0) is 15.3. The van der Waals surface area contributed by atoms with Crippen LogP contribution in [0.2, 0.25) is 0 Å². The summed E-state index contributed by atoms with van der Waals surface area (Å²) >= 11 is 0. The Labute approximate surface area is 114 Å². The molecule has 1 aromatic rings.